The van der Waals surface area contributed by atoms with Crippen molar-refractivity contribution in [2.45, 2.75) is 13.1 Å². The molecule has 0 spiro atoms. The van der Waals surface area contributed by atoms with Gasteiger partial charge in [-0.1, -0.05) is 12.1 Å². The SMILES string of the molecule is CN=C(NCc1ccc(C#N)cc1)N1CCN(Cc2cc(OC)ccc2OC)CC1. The van der Waals surface area contributed by atoms with Gasteiger partial charge in [0.05, 0.1) is 25.9 Å². The lowest BCUT2D eigenvalue weighted by atomic mass is 10.1. The summed E-state index contributed by atoms with van der Waals surface area (Å²) in [7, 11) is 5.20. The van der Waals surface area contributed by atoms with Crippen molar-refractivity contribution < 1.29 is 9.47 Å². The predicted molar refractivity (Wildman–Crippen MR) is 118 cm³/mol. The van der Waals surface area contributed by atoms with E-state index in [1.165, 1.54) is 0 Å². The van der Waals surface area contributed by atoms with Crippen molar-refractivity contribution in [1.29, 1.82) is 5.26 Å². The van der Waals surface area contributed by atoms with Gasteiger partial charge in [0.15, 0.2) is 5.96 Å². The Morgan fingerprint density at radius 3 is 2.40 bits per heavy atom. The summed E-state index contributed by atoms with van der Waals surface area (Å²) in [5.74, 6) is 2.63. The molecular weight excluding hydrogens is 378 g/mol. The molecule has 0 radical (unpaired) electrons. The van der Waals surface area contributed by atoms with Crippen LogP contribution in [0.1, 0.15) is 16.7 Å². The molecule has 30 heavy (non-hydrogen) atoms. The molecule has 0 saturated carbocycles. The van der Waals surface area contributed by atoms with Crippen molar-refractivity contribution in [3.05, 3.63) is 59.2 Å². The first-order valence-corrected chi connectivity index (χ1v) is 10.0. The average molecular weight is 408 g/mol. The lowest BCUT2D eigenvalue weighted by Gasteiger charge is -2.36. The second-order valence-electron chi connectivity index (χ2n) is 7.15. The van der Waals surface area contributed by atoms with Crippen LogP contribution < -0.4 is 14.8 Å². The van der Waals surface area contributed by atoms with Crippen LogP contribution in [0.5, 0.6) is 11.5 Å². The van der Waals surface area contributed by atoms with E-state index < -0.39 is 0 Å². The number of guanidine groups is 1. The van der Waals surface area contributed by atoms with E-state index in [0.29, 0.717) is 12.1 Å². The van der Waals surface area contributed by atoms with Gasteiger partial charge in [-0.2, -0.15) is 5.26 Å². The highest BCUT2D eigenvalue weighted by atomic mass is 16.5. The first-order chi connectivity index (χ1) is 14.7. The second-order valence-corrected chi connectivity index (χ2v) is 7.15. The number of benzene rings is 2. The van der Waals surface area contributed by atoms with E-state index in [2.05, 4.69) is 26.2 Å². The van der Waals surface area contributed by atoms with Gasteiger partial charge in [0, 0.05) is 51.9 Å². The largest absolute Gasteiger partial charge is 0.497 e. The normalized spacial score (nSPS) is 14.9. The number of nitrogens with zero attached hydrogens (tertiary/aromatic N) is 4. The van der Waals surface area contributed by atoms with Crippen LogP contribution in [0.4, 0.5) is 0 Å². The summed E-state index contributed by atoms with van der Waals surface area (Å²) in [6.45, 7) is 5.19. The van der Waals surface area contributed by atoms with Crippen molar-refractivity contribution in [3.8, 4) is 17.6 Å². The summed E-state index contributed by atoms with van der Waals surface area (Å²) in [6.07, 6.45) is 0. The van der Waals surface area contributed by atoms with E-state index in [9.17, 15) is 0 Å². The van der Waals surface area contributed by atoms with Crippen LogP contribution in [0.15, 0.2) is 47.5 Å². The van der Waals surface area contributed by atoms with Crippen LogP contribution in [0.2, 0.25) is 0 Å². The number of rotatable bonds is 6. The van der Waals surface area contributed by atoms with Gasteiger partial charge in [-0.25, -0.2) is 0 Å². The molecule has 7 nitrogen and oxygen atoms in total. The maximum absolute atomic E-state index is 8.92. The molecule has 3 rings (SSSR count). The molecule has 1 fully saturated rings. The summed E-state index contributed by atoms with van der Waals surface area (Å²) < 4.78 is 10.9. The topological polar surface area (TPSA) is 73.1 Å². The molecular formula is C23H29N5O2. The van der Waals surface area contributed by atoms with Gasteiger partial charge in [-0.15, -0.1) is 0 Å². The maximum atomic E-state index is 8.92. The molecule has 1 saturated heterocycles. The van der Waals surface area contributed by atoms with Gasteiger partial charge in [-0.05, 0) is 35.9 Å². The number of hydrogen-bond acceptors (Lipinski definition) is 5. The highest BCUT2D eigenvalue weighted by Gasteiger charge is 2.20. The van der Waals surface area contributed by atoms with E-state index in [1.54, 1.807) is 14.2 Å². The van der Waals surface area contributed by atoms with E-state index in [0.717, 1.165) is 61.3 Å². The van der Waals surface area contributed by atoms with E-state index in [4.69, 9.17) is 14.7 Å². The molecule has 2 aromatic rings. The summed E-state index contributed by atoms with van der Waals surface area (Å²) in [6, 6.07) is 15.7. The zero-order valence-electron chi connectivity index (χ0n) is 17.9. The standard InChI is InChI=1S/C23H29N5O2/c1-25-23(26-16-19-6-4-18(15-24)5-7-19)28-12-10-27(11-13-28)17-20-14-21(29-2)8-9-22(20)30-3/h4-9,14H,10-13,16-17H2,1-3H3,(H,25,26). The number of nitrogens with one attached hydrogen (secondary N) is 1. The van der Waals surface area contributed by atoms with E-state index in [1.807, 2.05) is 49.5 Å². The number of nitriles is 1. The average Bonchev–Trinajstić information content (AvgIpc) is 2.80. The summed E-state index contributed by atoms with van der Waals surface area (Å²) in [5, 5.41) is 12.3. The number of methoxy groups -OCH3 is 2. The van der Waals surface area contributed by atoms with Crippen LogP contribution in [-0.2, 0) is 13.1 Å². The van der Waals surface area contributed by atoms with Gasteiger partial charge in [0.1, 0.15) is 11.5 Å². The molecule has 1 heterocycles. The van der Waals surface area contributed by atoms with Crippen LogP contribution in [0, 0.1) is 11.3 Å². The third-order valence-corrected chi connectivity index (χ3v) is 5.30. The Labute approximate surface area is 178 Å². The minimum atomic E-state index is 0.673. The number of ether oxygens (including phenoxy) is 2. The van der Waals surface area contributed by atoms with Crippen molar-refractivity contribution in [2.24, 2.45) is 4.99 Å². The summed E-state index contributed by atoms with van der Waals surface area (Å²) >= 11 is 0. The zero-order chi connectivity index (χ0) is 21.3. The lowest BCUT2D eigenvalue weighted by molar-refractivity contribution is 0.171. The Morgan fingerprint density at radius 1 is 1.07 bits per heavy atom. The molecule has 0 aliphatic carbocycles. The van der Waals surface area contributed by atoms with Gasteiger partial charge < -0.3 is 19.7 Å². The predicted octanol–water partition coefficient (Wildman–Crippen LogP) is 2.47. The van der Waals surface area contributed by atoms with Crippen LogP contribution in [0.3, 0.4) is 0 Å². The zero-order valence-corrected chi connectivity index (χ0v) is 17.9. The van der Waals surface area contributed by atoms with Crippen molar-refractivity contribution in [2.75, 3.05) is 47.4 Å². The Balaban J connectivity index is 1.53. The minimum Gasteiger partial charge on any atom is -0.497 e. The molecule has 0 unspecified atom stereocenters. The maximum Gasteiger partial charge on any atom is 0.194 e. The fraction of sp³-hybridized carbons (Fsp3) is 0.391. The Morgan fingerprint density at radius 2 is 1.80 bits per heavy atom. The molecule has 0 aromatic heterocycles. The minimum absolute atomic E-state index is 0.673. The Hall–Kier alpha value is -3.24. The molecule has 1 aliphatic rings. The third-order valence-electron chi connectivity index (χ3n) is 5.30. The van der Waals surface area contributed by atoms with Crippen molar-refractivity contribution in [3.63, 3.8) is 0 Å². The molecule has 0 bridgehead atoms. The number of hydrogen-bond donors (Lipinski definition) is 1. The van der Waals surface area contributed by atoms with Crippen LogP contribution >= 0.6 is 0 Å². The summed E-state index contributed by atoms with van der Waals surface area (Å²) in [4.78, 5) is 9.14. The molecule has 1 N–H and O–H groups in total. The second kappa shape index (κ2) is 10.5. The van der Waals surface area contributed by atoms with Gasteiger partial charge in [0.25, 0.3) is 0 Å². The van der Waals surface area contributed by atoms with Gasteiger partial charge in [0.2, 0.25) is 0 Å². The molecule has 1 aliphatic heterocycles. The highest BCUT2D eigenvalue weighted by molar-refractivity contribution is 5.80. The first kappa shape index (κ1) is 21.5. The number of aliphatic imine (C=N–C) groups is 1. The number of piperazine rings is 1. The highest BCUT2D eigenvalue weighted by Crippen LogP contribution is 2.25. The molecule has 7 heteroatoms. The fourth-order valence-electron chi connectivity index (χ4n) is 3.57. The smallest absolute Gasteiger partial charge is 0.194 e. The summed E-state index contributed by atoms with van der Waals surface area (Å²) in [5.41, 5.74) is 2.93. The monoisotopic (exact) mass is 407 g/mol. The van der Waals surface area contributed by atoms with Crippen LogP contribution in [0.25, 0.3) is 0 Å². The Kier molecular flexibility index (Phi) is 7.52. The van der Waals surface area contributed by atoms with Gasteiger partial charge >= 0.3 is 0 Å². The first-order valence-electron chi connectivity index (χ1n) is 10.0. The molecule has 158 valence electrons. The van der Waals surface area contributed by atoms with Crippen LogP contribution in [-0.4, -0.2) is 63.2 Å². The quantitative estimate of drug-likeness (QED) is 0.586. The van der Waals surface area contributed by atoms with Crippen molar-refractivity contribution >= 4 is 5.96 Å². The molecule has 0 atom stereocenters. The molecule has 2 aromatic carbocycles. The molecule has 0 amide bonds. The van der Waals surface area contributed by atoms with E-state index in [-0.39, 0.29) is 0 Å². The fourth-order valence-corrected chi connectivity index (χ4v) is 3.57. The lowest BCUT2D eigenvalue weighted by Crippen LogP contribution is -2.52. The van der Waals surface area contributed by atoms with Gasteiger partial charge in [-0.3, -0.25) is 9.89 Å². The van der Waals surface area contributed by atoms with Crippen molar-refractivity contribution in [1.82, 2.24) is 15.1 Å². The Bertz CT molecular complexity index is 897. The van der Waals surface area contributed by atoms with E-state index >= 15 is 0 Å². The third kappa shape index (κ3) is 5.43.